The van der Waals surface area contributed by atoms with Crippen molar-refractivity contribution in [3.8, 4) is 0 Å². The second-order valence-corrected chi connectivity index (χ2v) is 6.90. The van der Waals surface area contributed by atoms with E-state index in [2.05, 4.69) is 36.3 Å². The van der Waals surface area contributed by atoms with E-state index < -0.39 is 0 Å². The van der Waals surface area contributed by atoms with Gasteiger partial charge in [-0.25, -0.2) is 0 Å². The summed E-state index contributed by atoms with van der Waals surface area (Å²) in [4.78, 5) is 12.2. The summed E-state index contributed by atoms with van der Waals surface area (Å²) in [7, 11) is 0. The molecule has 0 aliphatic heterocycles. The van der Waals surface area contributed by atoms with E-state index in [4.69, 9.17) is 0 Å². The number of amides is 1. The Morgan fingerprint density at radius 2 is 1.73 bits per heavy atom. The highest BCUT2D eigenvalue weighted by Crippen LogP contribution is 2.38. The fourth-order valence-electron chi connectivity index (χ4n) is 2.31. The molecule has 4 heteroatoms. The van der Waals surface area contributed by atoms with E-state index in [9.17, 15) is 4.79 Å². The van der Waals surface area contributed by atoms with Gasteiger partial charge < -0.3 is 5.32 Å². The monoisotopic (exact) mass is 295 g/mol. The van der Waals surface area contributed by atoms with Crippen LogP contribution in [0.5, 0.6) is 0 Å². The van der Waals surface area contributed by atoms with Crippen LogP contribution in [0.3, 0.4) is 0 Å². The van der Waals surface area contributed by atoms with Crippen molar-refractivity contribution < 1.29 is 4.79 Å². The summed E-state index contributed by atoms with van der Waals surface area (Å²) in [6.07, 6.45) is 2.36. The highest BCUT2D eigenvalue weighted by atomic mass is 16.1. The van der Waals surface area contributed by atoms with Crippen molar-refractivity contribution >= 4 is 11.6 Å². The third-order valence-electron chi connectivity index (χ3n) is 3.92. The van der Waals surface area contributed by atoms with Crippen molar-refractivity contribution in [1.29, 1.82) is 0 Å². The molecule has 0 saturated heterocycles. The molecule has 1 aromatic heterocycles. The van der Waals surface area contributed by atoms with Gasteiger partial charge in [-0.1, -0.05) is 32.9 Å². The summed E-state index contributed by atoms with van der Waals surface area (Å²) in [6, 6.07) is 11.6. The molecule has 3 rings (SSSR count). The lowest BCUT2D eigenvalue weighted by Gasteiger charge is -2.19. The molecule has 22 heavy (non-hydrogen) atoms. The molecule has 0 radical (unpaired) electrons. The van der Waals surface area contributed by atoms with Crippen molar-refractivity contribution in [3.63, 3.8) is 0 Å². The number of benzene rings is 1. The van der Waals surface area contributed by atoms with E-state index in [1.54, 1.807) is 6.07 Å². The van der Waals surface area contributed by atoms with Crippen molar-refractivity contribution in [2.75, 3.05) is 5.32 Å². The quantitative estimate of drug-likeness (QED) is 0.934. The zero-order valence-corrected chi connectivity index (χ0v) is 13.3. The Morgan fingerprint density at radius 1 is 1.05 bits per heavy atom. The zero-order valence-electron chi connectivity index (χ0n) is 13.3. The minimum absolute atomic E-state index is 0.104. The summed E-state index contributed by atoms with van der Waals surface area (Å²) in [5.41, 5.74) is 3.45. The van der Waals surface area contributed by atoms with E-state index in [-0.39, 0.29) is 11.3 Å². The molecule has 1 heterocycles. The van der Waals surface area contributed by atoms with Crippen LogP contribution in [0.15, 0.2) is 36.4 Å². The number of hydrogen-bond donors (Lipinski definition) is 1. The average Bonchev–Trinajstić information content (AvgIpc) is 3.32. The van der Waals surface area contributed by atoms with Gasteiger partial charge in [0.05, 0.1) is 5.69 Å². The van der Waals surface area contributed by atoms with Crippen LogP contribution in [0.4, 0.5) is 5.69 Å². The van der Waals surface area contributed by atoms with Gasteiger partial charge in [0.25, 0.3) is 5.91 Å². The normalized spacial score (nSPS) is 14.7. The van der Waals surface area contributed by atoms with E-state index >= 15 is 0 Å². The lowest BCUT2D eigenvalue weighted by Crippen LogP contribution is -2.15. The number of hydrogen-bond acceptors (Lipinski definition) is 3. The third-order valence-corrected chi connectivity index (χ3v) is 3.92. The molecule has 1 fully saturated rings. The zero-order chi connectivity index (χ0) is 15.7. The minimum Gasteiger partial charge on any atom is -0.321 e. The summed E-state index contributed by atoms with van der Waals surface area (Å²) in [6.45, 7) is 6.49. The average molecular weight is 295 g/mol. The molecule has 0 atom stereocenters. The van der Waals surface area contributed by atoms with Crippen molar-refractivity contribution in [2.24, 2.45) is 0 Å². The maximum Gasteiger partial charge on any atom is 0.276 e. The largest absolute Gasteiger partial charge is 0.321 e. The maximum atomic E-state index is 12.2. The molecule has 2 aromatic rings. The summed E-state index contributed by atoms with van der Waals surface area (Å²) in [5.74, 6) is 0.327. The van der Waals surface area contributed by atoms with E-state index in [1.807, 2.05) is 30.3 Å². The number of aromatic nitrogens is 2. The topological polar surface area (TPSA) is 54.9 Å². The van der Waals surface area contributed by atoms with Crippen LogP contribution in [0, 0.1) is 0 Å². The van der Waals surface area contributed by atoms with Crippen molar-refractivity contribution in [3.05, 3.63) is 53.3 Å². The van der Waals surface area contributed by atoms with Crippen LogP contribution < -0.4 is 5.32 Å². The summed E-state index contributed by atoms with van der Waals surface area (Å²) < 4.78 is 0. The number of anilines is 1. The maximum absolute atomic E-state index is 12.2. The Hall–Kier alpha value is -2.23. The molecule has 0 spiro atoms. The number of carbonyl (C=O) groups excluding carboxylic acids is 1. The van der Waals surface area contributed by atoms with Gasteiger partial charge in [-0.15, -0.1) is 5.10 Å². The Labute approximate surface area is 131 Å². The first-order valence-corrected chi connectivity index (χ1v) is 7.69. The highest BCUT2D eigenvalue weighted by Gasteiger charge is 2.25. The second-order valence-electron chi connectivity index (χ2n) is 6.90. The number of nitrogens with zero attached hydrogens (tertiary/aromatic N) is 2. The van der Waals surface area contributed by atoms with Gasteiger partial charge in [0.2, 0.25) is 0 Å². The molecule has 1 N–H and O–H groups in total. The first kappa shape index (κ1) is 14.7. The molecule has 0 bridgehead atoms. The van der Waals surface area contributed by atoms with Gasteiger partial charge in [0, 0.05) is 11.6 Å². The standard InChI is InChI=1S/C18H21N3O/c1-18(2,3)13-6-8-14(9-7-13)19-17(22)16-11-10-15(20-21-16)12-4-5-12/h6-12H,4-5H2,1-3H3,(H,19,22). The van der Waals surface area contributed by atoms with Crippen LogP contribution in [0.25, 0.3) is 0 Å². The first-order chi connectivity index (χ1) is 10.4. The van der Waals surface area contributed by atoms with Crippen LogP contribution in [-0.4, -0.2) is 16.1 Å². The molecule has 4 nitrogen and oxygen atoms in total. The molecule has 114 valence electrons. The lowest BCUT2D eigenvalue weighted by molar-refractivity contribution is 0.102. The van der Waals surface area contributed by atoms with Gasteiger partial charge in [-0.05, 0) is 48.1 Å². The molecular formula is C18H21N3O. The highest BCUT2D eigenvalue weighted by molar-refractivity contribution is 6.02. The number of nitrogens with one attached hydrogen (secondary N) is 1. The lowest BCUT2D eigenvalue weighted by atomic mass is 9.87. The molecule has 0 unspecified atom stereocenters. The minimum atomic E-state index is -0.224. The first-order valence-electron chi connectivity index (χ1n) is 7.69. The van der Waals surface area contributed by atoms with Crippen molar-refractivity contribution in [2.45, 2.75) is 44.9 Å². The Kier molecular flexibility index (Phi) is 3.69. The molecule has 1 amide bonds. The fraction of sp³-hybridized carbons (Fsp3) is 0.389. The second kappa shape index (κ2) is 5.52. The Morgan fingerprint density at radius 3 is 2.23 bits per heavy atom. The van der Waals surface area contributed by atoms with Gasteiger partial charge in [0.15, 0.2) is 5.69 Å². The van der Waals surface area contributed by atoms with Gasteiger partial charge in [0.1, 0.15) is 0 Å². The predicted molar refractivity (Wildman–Crippen MR) is 87.1 cm³/mol. The van der Waals surface area contributed by atoms with E-state index in [0.717, 1.165) is 11.4 Å². The number of carbonyl (C=O) groups is 1. The van der Waals surface area contributed by atoms with Crippen LogP contribution in [0.1, 0.15) is 61.3 Å². The molecule has 1 aliphatic carbocycles. The van der Waals surface area contributed by atoms with Gasteiger partial charge >= 0.3 is 0 Å². The molecule has 1 aliphatic rings. The predicted octanol–water partition coefficient (Wildman–Crippen LogP) is 3.90. The molecular weight excluding hydrogens is 274 g/mol. The summed E-state index contributed by atoms with van der Waals surface area (Å²) in [5, 5.41) is 11.0. The molecule has 1 aromatic carbocycles. The van der Waals surface area contributed by atoms with E-state index in [1.165, 1.54) is 18.4 Å². The molecule has 1 saturated carbocycles. The summed E-state index contributed by atoms with van der Waals surface area (Å²) >= 11 is 0. The fourth-order valence-corrected chi connectivity index (χ4v) is 2.31. The van der Waals surface area contributed by atoms with Crippen LogP contribution >= 0.6 is 0 Å². The van der Waals surface area contributed by atoms with E-state index in [0.29, 0.717) is 11.6 Å². The third kappa shape index (κ3) is 3.32. The van der Waals surface area contributed by atoms with Crippen LogP contribution in [-0.2, 0) is 5.41 Å². The van der Waals surface area contributed by atoms with Crippen molar-refractivity contribution in [1.82, 2.24) is 10.2 Å². The Bertz CT molecular complexity index is 665. The number of rotatable bonds is 3. The van der Waals surface area contributed by atoms with Crippen LogP contribution in [0.2, 0.25) is 0 Å². The smallest absolute Gasteiger partial charge is 0.276 e. The SMILES string of the molecule is CC(C)(C)c1ccc(NC(=O)c2ccc(C3CC3)nn2)cc1. The Balaban J connectivity index is 1.68. The van der Waals surface area contributed by atoms with Gasteiger partial charge in [-0.3, -0.25) is 4.79 Å². The van der Waals surface area contributed by atoms with Gasteiger partial charge in [-0.2, -0.15) is 5.10 Å².